The van der Waals surface area contributed by atoms with Gasteiger partial charge in [0.25, 0.3) is 5.91 Å². The smallest absolute Gasteiger partial charge is 0.254 e. The molecule has 0 saturated carbocycles. The highest BCUT2D eigenvalue weighted by Gasteiger charge is 2.25. The van der Waals surface area contributed by atoms with Crippen molar-refractivity contribution in [3.63, 3.8) is 0 Å². The number of hydrogen-bond donors (Lipinski definition) is 0. The summed E-state index contributed by atoms with van der Waals surface area (Å²) in [5, 5.41) is 12.3. The third-order valence-electron chi connectivity index (χ3n) is 6.00. The molecule has 0 aliphatic rings. The summed E-state index contributed by atoms with van der Waals surface area (Å²) in [4.78, 5) is 15.4. The van der Waals surface area contributed by atoms with Crippen LogP contribution >= 0.6 is 24.0 Å². The first-order valence-electron chi connectivity index (χ1n) is 12.7. The Kier molecular flexibility index (Phi) is 11.8. The summed E-state index contributed by atoms with van der Waals surface area (Å²) >= 11 is 6.89. The van der Waals surface area contributed by atoms with Crippen LogP contribution in [0.1, 0.15) is 42.0 Å². The minimum absolute atomic E-state index is 0.0446. The van der Waals surface area contributed by atoms with E-state index in [1.807, 2.05) is 44.2 Å². The van der Waals surface area contributed by atoms with Gasteiger partial charge in [0, 0.05) is 30.3 Å². The molecule has 0 spiro atoms. The summed E-state index contributed by atoms with van der Waals surface area (Å²) in [7, 11) is 4.57. The van der Waals surface area contributed by atoms with Gasteiger partial charge in [-0.2, -0.15) is 0 Å². The van der Waals surface area contributed by atoms with Crippen LogP contribution in [0.5, 0.6) is 17.2 Å². The fourth-order valence-corrected chi connectivity index (χ4v) is 5.51. The second kappa shape index (κ2) is 15.3. The van der Waals surface area contributed by atoms with Crippen LogP contribution in [0.25, 0.3) is 0 Å². The Morgan fingerprint density at radius 3 is 2.36 bits per heavy atom. The monoisotopic (exact) mass is 573 g/mol. The third kappa shape index (κ3) is 8.30. The Balaban J connectivity index is 1.78. The van der Waals surface area contributed by atoms with Gasteiger partial charge < -0.3 is 23.8 Å². The molecular formula is C27H35N5O5S2. The average molecular weight is 574 g/mol. The molecule has 1 atom stereocenters. The van der Waals surface area contributed by atoms with Crippen molar-refractivity contribution in [3.05, 3.63) is 59.4 Å². The second-order valence-corrected chi connectivity index (χ2v) is 10.4. The summed E-state index contributed by atoms with van der Waals surface area (Å²) < 4.78 is 24.1. The predicted octanol–water partition coefficient (Wildman–Crippen LogP) is 4.27. The first-order valence-corrected chi connectivity index (χ1v) is 13.9. The highest BCUT2D eigenvalue weighted by molar-refractivity contribution is 8.23. The van der Waals surface area contributed by atoms with Crippen LogP contribution in [-0.4, -0.2) is 81.7 Å². The quantitative estimate of drug-likeness (QED) is 0.260. The molecule has 3 aromatic rings. The maximum atomic E-state index is 13.6. The molecular weight excluding hydrogens is 538 g/mol. The number of carbonyl (C=O) groups excluding carboxylic acids is 1. The van der Waals surface area contributed by atoms with E-state index in [9.17, 15) is 4.79 Å². The molecule has 1 aromatic heterocycles. The van der Waals surface area contributed by atoms with Gasteiger partial charge in [-0.15, -0.1) is 5.10 Å². The van der Waals surface area contributed by atoms with Gasteiger partial charge in [-0.3, -0.25) is 4.79 Å². The molecule has 1 heterocycles. The maximum absolute atomic E-state index is 13.6. The van der Waals surface area contributed by atoms with Gasteiger partial charge >= 0.3 is 0 Å². The Morgan fingerprint density at radius 1 is 1.08 bits per heavy atom. The molecule has 1 unspecified atom stereocenters. The molecule has 1 amide bonds. The molecule has 0 aliphatic carbocycles. The number of methoxy groups -OCH3 is 3. The first-order chi connectivity index (χ1) is 18.9. The number of amides is 1. The zero-order chi connectivity index (χ0) is 28.2. The van der Waals surface area contributed by atoms with Crippen molar-refractivity contribution in [2.75, 3.05) is 41.0 Å². The van der Waals surface area contributed by atoms with Gasteiger partial charge in [0.15, 0.2) is 17.3 Å². The van der Waals surface area contributed by atoms with Crippen LogP contribution in [0, 0.1) is 0 Å². The number of rotatable bonds is 14. The van der Waals surface area contributed by atoms with E-state index in [1.165, 1.54) is 33.1 Å². The number of carbonyl (C=O) groups is 1. The van der Waals surface area contributed by atoms with E-state index in [-0.39, 0.29) is 11.2 Å². The standard InChI is InChI=1S/C27H35N5O5S2/c1-6-31(26(33)20-15-22(34-3)25(36-5)23(16-20)35-4)18-21(39-27(38)37-7-2)13-14-24-28-29-30-32(24)17-19-11-9-8-10-12-19/h8-12,15-16,21H,6-7,13-14,17-18H2,1-5H3. The van der Waals surface area contributed by atoms with Crippen LogP contribution in [0.2, 0.25) is 0 Å². The SMILES string of the molecule is CCOC(=S)SC(CCc1nnnn1Cc1ccccc1)CN(CC)C(=O)c1cc(OC)c(OC)c(OC)c1. The molecule has 0 radical (unpaired) electrons. The van der Waals surface area contributed by atoms with E-state index >= 15 is 0 Å². The summed E-state index contributed by atoms with van der Waals surface area (Å²) in [5.74, 6) is 1.89. The number of tetrazole rings is 1. The topological polar surface area (TPSA) is 101 Å². The normalized spacial score (nSPS) is 11.5. The second-order valence-electron chi connectivity index (χ2n) is 8.46. The minimum Gasteiger partial charge on any atom is -0.493 e. The largest absolute Gasteiger partial charge is 0.493 e. The van der Waals surface area contributed by atoms with Crippen LogP contribution in [0.3, 0.4) is 0 Å². The molecule has 210 valence electrons. The van der Waals surface area contributed by atoms with Gasteiger partial charge in [0.1, 0.15) is 0 Å². The van der Waals surface area contributed by atoms with E-state index in [2.05, 4.69) is 15.5 Å². The summed E-state index contributed by atoms with van der Waals surface area (Å²) in [6, 6.07) is 13.4. The highest BCUT2D eigenvalue weighted by Crippen LogP contribution is 2.38. The summed E-state index contributed by atoms with van der Waals surface area (Å²) in [6.45, 7) is 5.85. The fraction of sp³-hybridized carbons (Fsp3) is 0.444. The lowest BCUT2D eigenvalue weighted by atomic mass is 10.1. The molecule has 39 heavy (non-hydrogen) atoms. The highest BCUT2D eigenvalue weighted by atomic mass is 32.2. The summed E-state index contributed by atoms with van der Waals surface area (Å²) in [5.41, 5.74) is 1.55. The van der Waals surface area contributed by atoms with Gasteiger partial charge in [-0.1, -0.05) is 42.1 Å². The number of thiocarbonyl (C=S) groups is 1. The molecule has 0 bridgehead atoms. The molecule has 3 rings (SSSR count). The Hall–Kier alpha value is -3.38. The lowest BCUT2D eigenvalue weighted by molar-refractivity contribution is 0.0763. The van der Waals surface area contributed by atoms with Crippen molar-refractivity contribution in [2.24, 2.45) is 0 Å². The molecule has 10 nitrogen and oxygen atoms in total. The van der Waals surface area contributed by atoms with Crippen LogP contribution < -0.4 is 14.2 Å². The van der Waals surface area contributed by atoms with Crippen LogP contribution in [-0.2, 0) is 17.7 Å². The Morgan fingerprint density at radius 2 is 1.77 bits per heavy atom. The van der Waals surface area contributed by atoms with Crippen molar-refractivity contribution >= 4 is 34.3 Å². The van der Waals surface area contributed by atoms with E-state index in [4.69, 9.17) is 31.2 Å². The molecule has 0 N–H and O–H groups in total. The maximum Gasteiger partial charge on any atom is 0.254 e. The lowest BCUT2D eigenvalue weighted by Crippen LogP contribution is -2.37. The first kappa shape index (κ1) is 30.2. The van der Waals surface area contributed by atoms with E-state index < -0.39 is 0 Å². The predicted molar refractivity (Wildman–Crippen MR) is 155 cm³/mol. The summed E-state index contributed by atoms with van der Waals surface area (Å²) in [6.07, 6.45) is 1.30. The number of aromatic nitrogens is 4. The van der Waals surface area contributed by atoms with E-state index in [0.717, 1.165) is 11.4 Å². The van der Waals surface area contributed by atoms with Crippen molar-refractivity contribution in [1.82, 2.24) is 25.1 Å². The van der Waals surface area contributed by atoms with E-state index in [1.54, 1.807) is 21.7 Å². The number of ether oxygens (including phenoxy) is 4. The Labute approximate surface area is 238 Å². The average Bonchev–Trinajstić information content (AvgIpc) is 3.40. The zero-order valence-corrected chi connectivity index (χ0v) is 24.6. The number of thioether (sulfide) groups is 1. The van der Waals surface area contributed by atoms with Crippen LogP contribution in [0.4, 0.5) is 0 Å². The van der Waals surface area contributed by atoms with Gasteiger partial charge in [0.05, 0.1) is 34.5 Å². The third-order valence-corrected chi connectivity index (χ3v) is 7.44. The molecule has 0 aliphatic heterocycles. The Bertz CT molecular complexity index is 1200. The van der Waals surface area contributed by atoms with Gasteiger partial charge in [0.2, 0.25) is 10.1 Å². The molecule has 0 fully saturated rings. The van der Waals surface area contributed by atoms with Crippen molar-refractivity contribution in [1.29, 1.82) is 0 Å². The lowest BCUT2D eigenvalue weighted by Gasteiger charge is -2.27. The number of nitrogens with zero attached hydrogens (tertiary/aromatic N) is 5. The molecule has 0 saturated heterocycles. The number of aryl methyl sites for hydroxylation is 1. The van der Waals surface area contributed by atoms with Crippen LogP contribution in [0.15, 0.2) is 42.5 Å². The van der Waals surface area contributed by atoms with Gasteiger partial charge in [-0.25, -0.2) is 4.68 Å². The van der Waals surface area contributed by atoms with Crippen molar-refractivity contribution in [3.8, 4) is 17.2 Å². The molecule has 2 aromatic carbocycles. The molecule has 12 heteroatoms. The number of benzene rings is 2. The van der Waals surface area contributed by atoms with Crippen molar-refractivity contribution in [2.45, 2.75) is 38.5 Å². The van der Waals surface area contributed by atoms with Crippen molar-refractivity contribution < 1.29 is 23.7 Å². The minimum atomic E-state index is -0.154. The fourth-order valence-electron chi connectivity index (χ4n) is 4.04. The van der Waals surface area contributed by atoms with Gasteiger partial charge in [-0.05, 0) is 60.6 Å². The zero-order valence-electron chi connectivity index (χ0n) is 23.0. The number of hydrogen-bond acceptors (Lipinski definition) is 10. The van der Waals surface area contributed by atoms with E-state index in [0.29, 0.717) is 66.3 Å².